The number of methoxy groups -OCH3 is 4. The van der Waals surface area contributed by atoms with E-state index < -0.39 is 12.1 Å². The lowest BCUT2D eigenvalue weighted by Gasteiger charge is -2.47. The molecule has 40 heavy (non-hydrogen) atoms. The number of nitrogens with one attached hydrogen (secondary N) is 1. The molecule has 4 aromatic rings. The Bertz CT molecular complexity index is 1570. The standard InChI is InChI=1S/C31H31N3O6/c1-37-20-11-9-18(10-12-20)16-33-17-27(35)34-24(31(33)36)15-22-21-7-5-6-8-23(21)32-28(22)29(34)19-13-25(38-2)30(40-4)26(14-19)39-3/h5-14,24,29,32H,15-17H2,1-4H3/t24-,29-/m0/s1. The Morgan fingerprint density at radius 3 is 2.23 bits per heavy atom. The summed E-state index contributed by atoms with van der Waals surface area (Å²) in [6.45, 7) is 0.326. The summed E-state index contributed by atoms with van der Waals surface area (Å²) in [4.78, 5) is 34.9. The van der Waals surface area contributed by atoms with Gasteiger partial charge in [0.25, 0.3) is 0 Å². The van der Waals surface area contributed by atoms with Crippen molar-refractivity contribution < 1.29 is 28.5 Å². The van der Waals surface area contributed by atoms with Crippen LogP contribution in [-0.2, 0) is 22.6 Å². The van der Waals surface area contributed by atoms with E-state index in [1.54, 1.807) is 38.2 Å². The lowest BCUT2D eigenvalue weighted by Crippen LogP contribution is -2.62. The molecule has 2 aliphatic heterocycles. The molecule has 0 aliphatic carbocycles. The van der Waals surface area contributed by atoms with E-state index in [0.29, 0.717) is 30.2 Å². The maximum Gasteiger partial charge on any atom is 0.246 e. The number of fused-ring (bicyclic) bond motifs is 4. The van der Waals surface area contributed by atoms with Crippen molar-refractivity contribution in [2.75, 3.05) is 35.0 Å². The molecule has 1 fully saturated rings. The number of H-pyrrole nitrogens is 1. The Labute approximate surface area is 232 Å². The van der Waals surface area contributed by atoms with Gasteiger partial charge >= 0.3 is 0 Å². The predicted octanol–water partition coefficient (Wildman–Crippen LogP) is 4.09. The third-order valence-corrected chi connectivity index (χ3v) is 7.88. The average Bonchev–Trinajstić information content (AvgIpc) is 3.36. The van der Waals surface area contributed by atoms with Gasteiger partial charge in [0.2, 0.25) is 17.6 Å². The average molecular weight is 542 g/mol. The number of para-hydroxylation sites is 1. The van der Waals surface area contributed by atoms with Gasteiger partial charge < -0.3 is 33.7 Å². The molecule has 206 valence electrons. The second-order valence-electron chi connectivity index (χ2n) is 9.99. The van der Waals surface area contributed by atoms with Gasteiger partial charge in [-0.2, -0.15) is 0 Å². The van der Waals surface area contributed by atoms with Crippen molar-refractivity contribution in [1.29, 1.82) is 0 Å². The number of amides is 2. The molecule has 0 bridgehead atoms. The van der Waals surface area contributed by atoms with Crippen LogP contribution in [0.25, 0.3) is 10.9 Å². The molecule has 3 heterocycles. The fraction of sp³-hybridized carbons (Fsp3) is 0.290. The first kappa shape index (κ1) is 25.6. The third-order valence-electron chi connectivity index (χ3n) is 7.88. The number of hydrogen-bond donors (Lipinski definition) is 1. The molecule has 1 saturated heterocycles. The van der Waals surface area contributed by atoms with Gasteiger partial charge in [0.05, 0.1) is 34.5 Å². The molecular weight excluding hydrogens is 510 g/mol. The van der Waals surface area contributed by atoms with Crippen LogP contribution in [0.4, 0.5) is 0 Å². The van der Waals surface area contributed by atoms with Crippen LogP contribution < -0.4 is 18.9 Å². The number of aromatic amines is 1. The van der Waals surface area contributed by atoms with Crippen LogP contribution in [0.1, 0.15) is 28.4 Å². The van der Waals surface area contributed by atoms with Gasteiger partial charge in [-0.05, 0) is 47.0 Å². The maximum atomic E-state index is 14.1. The number of piperazine rings is 1. The van der Waals surface area contributed by atoms with Gasteiger partial charge in [-0.15, -0.1) is 0 Å². The Morgan fingerprint density at radius 1 is 0.875 bits per heavy atom. The molecule has 3 aromatic carbocycles. The molecule has 2 aliphatic rings. The number of carbonyl (C=O) groups is 2. The first-order valence-electron chi connectivity index (χ1n) is 13.1. The largest absolute Gasteiger partial charge is 0.497 e. The minimum absolute atomic E-state index is 0.0160. The topological polar surface area (TPSA) is 93.3 Å². The summed E-state index contributed by atoms with van der Waals surface area (Å²) in [5, 5.41) is 1.04. The second kappa shape index (κ2) is 10.1. The smallest absolute Gasteiger partial charge is 0.246 e. The fourth-order valence-electron chi connectivity index (χ4n) is 6.01. The summed E-state index contributed by atoms with van der Waals surface area (Å²) in [6, 6.07) is 18.1. The fourth-order valence-corrected chi connectivity index (χ4v) is 6.01. The highest BCUT2D eigenvalue weighted by molar-refractivity contribution is 5.97. The second-order valence-corrected chi connectivity index (χ2v) is 9.99. The summed E-state index contributed by atoms with van der Waals surface area (Å²) in [7, 11) is 6.29. The van der Waals surface area contributed by atoms with E-state index >= 15 is 0 Å². The zero-order valence-electron chi connectivity index (χ0n) is 22.9. The summed E-state index contributed by atoms with van der Waals surface area (Å²) in [6.07, 6.45) is 0.421. The zero-order valence-corrected chi connectivity index (χ0v) is 22.9. The molecule has 1 N–H and O–H groups in total. The van der Waals surface area contributed by atoms with Crippen molar-refractivity contribution in [3.63, 3.8) is 0 Å². The quantitative estimate of drug-likeness (QED) is 0.379. The minimum atomic E-state index is -0.657. The van der Waals surface area contributed by atoms with Gasteiger partial charge in [-0.3, -0.25) is 9.59 Å². The van der Waals surface area contributed by atoms with Crippen molar-refractivity contribution in [3.8, 4) is 23.0 Å². The Kier molecular flexibility index (Phi) is 6.50. The highest BCUT2D eigenvalue weighted by atomic mass is 16.5. The van der Waals surface area contributed by atoms with E-state index in [4.69, 9.17) is 18.9 Å². The van der Waals surface area contributed by atoms with E-state index in [1.165, 1.54) is 0 Å². The third kappa shape index (κ3) is 4.09. The SMILES string of the molecule is COc1ccc(CN2CC(=O)N3[C@@H](c4cc(OC)c(OC)c(OC)c4)c4[nH]c5ccccc5c4C[C@H]3C2=O)cc1. The van der Waals surface area contributed by atoms with Crippen molar-refractivity contribution >= 4 is 22.7 Å². The highest BCUT2D eigenvalue weighted by Gasteiger charge is 2.48. The zero-order chi connectivity index (χ0) is 28.0. The Morgan fingerprint density at radius 2 is 1.57 bits per heavy atom. The molecule has 2 amide bonds. The van der Waals surface area contributed by atoms with Crippen molar-refractivity contribution in [2.45, 2.75) is 25.0 Å². The van der Waals surface area contributed by atoms with E-state index in [-0.39, 0.29) is 18.4 Å². The van der Waals surface area contributed by atoms with E-state index in [2.05, 4.69) is 11.1 Å². The van der Waals surface area contributed by atoms with Gasteiger partial charge in [-0.1, -0.05) is 30.3 Å². The number of benzene rings is 3. The lowest BCUT2D eigenvalue weighted by atomic mass is 9.86. The molecule has 0 saturated carbocycles. The van der Waals surface area contributed by atoms with Crippen LogP contribution in [0.2, 0.25) is 0 Å². The summed E-state index contributed by atoms with van der Waals surface area (Å²) < 4.78 is 22.1. The first-order valence-corrected chi connectivity index (χ1v) is 13.1. The summed E-state index contributed by atoms with van der Waals surface area (Å²) in [5.41, 5.74) is 4.57. The van der Waals surface area contributed by atoms with Gasteiger partial charge in [0, 0.05) is 29.6 Å². The Hall–Kier alpha value is -4.66. The molecular formula is C31H31N3O6. The molecule has 6 rings (SSSR count). The van der Waals surface area contributed by atoms with E-state index in [0.717, 1.165) is 39.0 Å². The number of carbonyl (C=O) groups excluding carboxylic acids is 2. The molecule has 9 heteroatoms. The molecule has 0 radical (unpaired) electrons. The predicted molar refractivity (Wildman–Crippen MR) is 149 cm³/mol. The van der Waals surface area contributed by atoms with Crippen molar-refractivity contribution in [1.82, 2.24) is 14.8 Å². The number of nitrogens with zero attached hydrogens (tertiary/aromatic N) is 2. The van der Waals surface area contributed by atoms with Crippen LogP contribution in [0.15, 0.2) is 60.7 Å². The lowest BCUT2D eigenvalue weighted by molar-refractivity contribution is -0.159. The van der Waals surface area contributed by atoms with Gasteiger partial charge in [-0.25, -0.2) is 0 Å². The molecule has 2 atom stereocenters. The van der Waals surface area contributed by atoms with Crippen LogP contribution >= 0.6 is 0 Å². The number of rotatable bonds is 7. The molecule has 0 unspecified atom stereocenters. The van der Waals surface area contributed by atoms with Crippen LogP contribution in [0.5, 0.6) is 23.0 Å². The van der Waals surface area contributed by atoms with Gasteiger partial charge in [0.15, 0.2) is 11.5 Å². The number of hydrogen-bond acceptors (Lipinski definition) is 6. The van der Waals surface area contributed by atoms with Crippen LogP contribution in [0.3, 0.4) is 0 Å². The van der Waals surface area contributed by atoms with Crippen LogP contribution in [0, 0.1) is 0 Å². The van der Waals surface area contributed by atoms with E-state index in [9.17, 15) is 9.59 Å². The first-order chi connectivity index (χ1) is 19.5. The normalized spacial score (nSPS) is 18.4. The number of ether oxygens (including phenoxy) is 4. The van der Waals surface area contributed by atoms with Crippen molar-refractivity contribution in [2.24, 2.45) is 0 Å². The Balaban J connectivity index is 1.46. The van der Waals surface area contributed by atoms with Crippen LogP contribution in [-0.4, -0.2) is 67.6 Å². The maximum absolute atomic E-state index is 14.1. The van der Waals surface area contributed by atoms with E-state index in [1.807, 2.05) is 54.6 Å². The summed E-state index contributed by atoms with van der Waals surface area (Å²) in [5.74, 6) is 1.96. The molecule has 0 spiro atoms. The molecule has 1 aromatic heterocycles. The minimum Gasteiger partial charge on any atom is -0.497 e. The number of aromatic nitrogens is 1. The van der Waals surface area contributed by atoms with Gasteiger partial charge in [0.1, 0.15) is 18.3 Å². The molecule has 9 nitrogen and oxygen atoms in total. The summed E-state index contributed by atoms with van der Waals surface area (Å²) >= 11 is 0. The highest BCUT2D eigenvalue weighted by Crippen LogP contribution is 2.47. The monoisotopic (exact) mass is 541 g/mol. The van der Waals surface area contributed by atoms with Crippen molar-refractivity contribution in [3.05, 3.63) is 83.0 Å².